The number of esters is 1. The number of fused-ring (bicyclic) bond motifs is 3. The zero-order valence-electron chi connectivity index (χ0n) is 14.3. The predicted molar refractivity (Wildman–Crippen MR) is 101 cm³/mol. The van der Waals surface area contributed by atoms with Gasteiger partial charge in [-0.25, -0.2) is 4.79 Å². The summed E-state index contributed by atoms with van der Waals surface area (Å²) in [7, 11) is 0. The van der Waals surface area contributed by atoms with E-state index in [0.29, 0.717) is 11.3 Å². The highest BCUT2D eigenvalue weighted by molar-refractivity contribution is 6.08. The van der Waals surface area contributed by atoms with Gasteiger partial charge in [0.15, 0.2) is 0 Å². The van der Waals surface area contributed by atoms with Crippen molar-refractivity contribution in [1.82, 2.24) is 0 Å². The summed E-state index contributed by atoms with van der Waals surface area (Å²) in [5, 5.41) is 4.72. The van der Waals surface area contributed by atoms with E-state index in [1.165, 1.54) is 34.6 Å². The smallest absolute Gasteiger partial charge is 0.338 e. The van der Waals surface area contributed by atoms with Crippen molar-refractivity contribution in [3.05, 3.63) is 66.2 Å². The zero-order chi connectivity index (χ0) is 17.1. The summed E-state index contributed by atoms with van der Waals surface area (Å²) in [6.07, 6.45) is 3.55. The van der Waals surface area contributed by atoms with Crippen molar-refractivity contribution in [3.63, 3.8) is 0 Å². The number of unbranched alkanes of at least 4 members (excludes halogenated alkanes) is 1. The van der Waals surface area contributed by atoms with Crippen LogP contribution in [0.25, 0.3) is 21.5 Å². The van der Waals surface area contributed by atoms with Gasteiger partial charge >= 0.3 is 5.97 Å². The van der Waals surface area contributed by atoms with Crippen molar-refractivity contribution < 1.29 is 9.53 Å². The summed E-state index contributed by atoms with van der Waals surface area (Å²) in [5.41, 5.74) is 1.78. The molecule has 0 radical (unpaired) electrons. The van der Waals surface area contributed by atoms with Crippen LogP contribution in [0.15, 0.2) is 60.7 Å². The Morgan fingerprint density at radius 2 is 1.67 bits per heavy atom. The van der Waals surface area contributed by atoms with Crippen LogP contribution in [0, 0.1) is 0 Å². The van der Waals surface area contributed by atoms with E-state index < -0.39 is 5.97 Å². The Labute approximate surface area is 142 Å². The molecule has 0 aliphatic heterocycles. The molecule has 0 aliphatic rings. The van der Waals surface area contributed by atoms with Crippen LogP contribution >= 0.6 is 0 Å². The fraction of sp³-hybridized carbons (Fsp3) is 0.227. The van der Waals surface area contributed by atoms with Crippen LogP contribution in [-0.4, -0.2) is 5.97 Å². The van der Waals surface area contributed by atoms with Crippen LogP contribution < -0.4 is 4.74 Å². The maximum atomic E-state index is 11.7. The molecule has 3 aromatic carbocycles. The van der Waals surface area contributed by atoms with Crippen molar-refractivity contribution in [3.8, 4) is 5.75 Å². The molecule has 0 aliphatic carbocycles. The Kier molecular flexibility index (Phi) is 4.66. The normalized spacial score (nSPS) is 10.9. The van der Waals surface area contributed by atoms with Gasteiger partial charge in [-0.3, -0.25) is 0 Å². The van der Waals surface area contributed by atoms with Crippen LogP contribution in [-0.2, 0) is 11.2 Å². The summed E-state index contributed by atoms with van der Waals surface area (Å²) in [6, 6.07) is 16.7. The maximum absolute atomic E-state index is 11.7. The molecular formula is C22H22O2. The first kappa shape index (κ1) is 16.3. The van der Waals surface area contributed by atoms with E-state index in [-0.39, 0.29) is 0 Å². The molecular weight excluding hydrogens is 296 g/mol. The van der Waals surface area contributed by atoms with E-state index in [9.17, 15) is 4.79 Å². The van der Waals surface area contributed by atoms with E-state index >= 15 is 0 Å². The third-order valence-corrected chi connectivity index (χ3v) is 4.25. The van der Waals surface area contributed by atoms with Gasteiger partial charge in [0.25, 0.3) is 0 Å². The molecule has 0 unspecified atom stereocenters. The Morgan fingerprint density at radius 3 is 2.33 bits per heavy atom. The highest BCUT2D eigenvalue weighted by Crippen LogP contribution is 2.29. The molecule has 0 bridgehead atoms. The first-order chi connectivity index (χ1) is 11.6. The largest absolute Gasteiger partial charge is 0.423 e. The van der Waals surface area contributed by atoms with Crippen LogP contribution in [0.4, 0.5) is 0 Å². The second-order valence-electron chi connectivity index (χ2n) is 6.28. The van der Waals surface area contributed by atoms with Gasteiger partial charge in [0, 0.05) is 5.57 Å². The summed E-state index contributed by atoms with van der Waals surface area (Å²) in [4.78, 5) is 11.7. The van der Waals surface area contributed by atoms with Crippen molar-refractivity contribution in [1.29, 1.82) is 0 Å². The van der Waals surface area contributed by atoms with E-state index in [1.54, 1.807) is 6.92 Å². The molecule has 2 nitrogen and oxygen atoms in total. The highest BCUT2D eigenvalue weighted by atomic mass is 16.5. The number of hydrogen-bond acceptors (Lipinski definition) is 2. The number of benzene rings is 3. The van der Waals surface area contributed by atoms with Crippen LogP contribution in [0.1, 0.15) is 32.3 Å². The van der Waals surface area contributed by atoms with Crippen LogP contribution in [0.5, 0.6) is 5.75 Å². The number of ether oxygens (including phenoxy) is 1. The lowest BCUT2D eigenvalue weighted by molar-refractivity contribution is -0.130. The molecule has 0 N–H and O–H groups in total. The molecule has 2 heteroatoms. The Bertz CT molecular complexity index is 922. The van der Waals surface area contributed by atoms with Gasteiger partial charge in [-0.15, -0.1) is 0 Å². The third kappa shape index (κ3) is 3.33. The van der Waals surface area contributed by atoms with E-state index in [2.05, 4.69) is 43.8 Å². The Hall–Kier alpha value is -2.61. The Morgan fingerprint density at radius 1 is 1.00 bits per heavy atom. The minimum absolute atomic E-state index is 0.393. The van der Waals surface area contributed by atoms with Crippen molar-refractivity contribution >= 4 is 27.5 Å². The van der Waals surface area contributed by atoms with Gasteiger partial charge in [-0.05, 0) is 59.0 Å². The Balaban J connectivity index is 1.99. The first-order valence-electron chi connectivity index (χ1n) is 8.41. The van der Waals surface area contributed by atoms with Gasteiger partial charge in [0.05, 0.1) is 0 Å². The number of rotatable bonds is 5. The highest BCUT2D eigenvalue weighted by Gasteiger charge is 2.07. The third-order valence-electron chi connectivity index (χ3n) is 4.25. The number of aryl methyl sites for hydroxylation is 1. The molecule has 24 heavy (non-hydrogen) atoms. The molecule has 0 saturated carbocycles. The molecule has 0 saturated heterocycles. The average molecular weight is 318 g/mol. The van der Waals surface area contributed by atoms with E-state index in [0.717, 1.165) is 11.8 Å². The number of carbonyl (C=O) groups is 1. The molecule has 0 fully saturated rings. The second-order valence-corrected chi connectivity index (χ2v) is 6.28. The second kappa shape index (κ2) is 6.88. The average Bonchev–Trinajstić information content (AvgIpc) is 2.59. The van der Waals surface area contributed by atoms with Crippen LogP contribution in [0.3, 0.4) is 0 Å². The molecule has 0 atom stereocenters. The summed E-state index contributed by atoms with van der Waals surface area (Å²) >= 11 is 0. The number of carbonyl (C=O) groups excluding carboxylic acids is 1. The predicted octanol–water partition coefficient (Wildman–Crippen LogP) is 5.82. The molecule has 0 aromatic heterocycles. The molecule has 3 aromatic rings. The van der Waals surface area contributed by atoms with Crippen molar-refractivity contribution in [2.45, 2.75) is 33.1 Å². The maximum Gasteiger partial charge on any atom is 0.338 e. The molecule has 0 heterocycles. The van der Waals surface area contributed by atoms with Gasteiger partial charge < -0.3 is 4.74 Å². The monoisotopic (exact) mass is 318 g/mol. The topological polar surface area (TPSA) is 26.3 Å². The summed E-state index contributed by atoms with van der Waals surface area (Å²) in [5.74, 6) is 0.158. The van der Waals surface area contributed by atoms with E-state index in [4.69, 9.17) is 4.74 Å². The fourth-order valence-corrected chi connectivity index (χ4v) is 2.89. The fourth-order valence-electron chi connectivity index (χ4n) is 2.89. The zero-order valence-corrected chi connectivity index (χ0v) is 14.3. The minimum atomic E-state index is -0.393. The van der Waals surface area contributed by atoms with Gasteiger partial charge in [-0.2, -0.15) is 0 Å². The SMILES string of the molecule is C=C(C)C(=O)Oc1ccc2c(ccc3cc(CCCC)ccc32)c1. The van der Waals surface area contributed by atoms with Gasteiger partial charge in [0.2, 0.25) is 0 Å². The quantitative estimate of drug-likeness (QED) is 0.256. The molecule has 0 spiro atoms. The van der Waals surface area contributed by atoms with Crippen molar-refractivity contribution in [2.24, 2.45) is 0 Å². The van der Waals surface area contributed by atoms with E-state index in [1.807, 2.05) is 18.2 Å². The first-order valence-corrected chi connectivity index (χ1v) is 8.41. The van der Waals surface area contributed by atoms with Gasteiger partial charge in [0.1, 0.15) is 5.75 Å². The lowest BCUT2D eigenvalue weighted by Gasteiger charge is -2.09. The summed E-state index contributed by atoms with van der Waals surface area (Å²) in [6.45, 7) is 7.47. The lowest BCUT2D eigenvalue weighted by atomic mass is 9.98. The lowest BCUT2D eigenvalue weighted by Crippen LogP contribution is -2.07. The van der Waals surface area contributed by atoms with Crippen LogP contribution in [0.2, 0.25) is 0 Å². The number of hydrogen-bond donors (Lipinski definition) is 0. The van der Waals surface area contributed by atoms with Gasteiger partial charge in [-0.1, -0.05) is 56.3 Å². The summed E-state index contributed by atoms with van der Waals surface area (Å²) < 4.78 is 5.32. The molecule has 3 rings (SSSR count). The minimum Gasteiger partial charge on any atom is -0.423 e. The molecule has 122 valence electrons. The van der Waals surface area contributed by atoms with Crippen molar-refractivity contribution in [2.75, 3.05) is 0 Å². The standard InChI is InChI=1S/C22H22O2/c1-4-5-6-16-7-11-20-17(13-16)8-9-18-14-19(10-12-21(18)20)24-22(23)15(2)3/h7-14H,2,4-6H2,1,3H3. The molecule has 0 amide bonds.